The van der Waals surface area contributed by atoms with Gasteiger partial charge in [0.1, 0.15) is 6.10 Å². The van der Waals surface area contributed by atoms with Crippen LogP contribution < -0.4 is 5.32 Å². The Morgan fingerprint density at radius 1 is 1.67 bits per heavy atom. The number of hydrogen-bond donors (Lipinski definition) is 1. The molecule has 2 unspecified atom stereocenters. The standard InChI is InChI=1S/C11H22N2O2/c1-4-15-9(2)11(14)13-7-5-6-10(13)8-12-3/h9-10,12H,4-8H2,1-3H3. The van der Waals surface area contributed by atoms with Gasteiger partial charge in [-0.1, -0.05) is 0 Å². The molecule has 2 atom stereocenters. The van der Waals surface area contributed by atoms with Crippen molar-refractivity contribution in [3.63, 3.8) is 0 Å². The first-order valence-corrected chi connectivity index (χ1v) is 5.77. The van der Waals surface area contributed by atoms with E-state index < -0.39 is 0 Å². The summed E-state index contributed by atoms with van der Waals surface area (Å²) < 4.78 is 5.33. The molecule has 0 saturated carbocycles. The molecule has 1 N–H and O–H groups in total. The highest BCUT2D eigenvalue weighted by Gasteiger charge is 2.30. The highest BCUT2D eigenvalue weighted by molar-refractivity contribution is 5.81. The second kappa shape index (κ2) is 6.08. The third kappa shape index (κ3) is 3.18. The molecule has 4 heteroatoms. The van der Waals surface area contributed by atoms with Gasteiger partial charge in [0.15, 0.2) is 0 Å². The van der Waals surface area contributed by atoms with Crippen molar-refractivity contribution in [3.8, 4) is 0 Å². The van der Waals surface area contributed by atoms with Crippen LogP contribution in [0.25, 0.3) is 0 Å². The van der Waals surface area contributed by atoms with Crippen LogP contribution in [0.15, 0.2) is 0 Å². The molecular weight excluding hydrogens is 192 g/mol. The van der Waals surface area contributed by atoms with Crippen molar-refractivity contribution >= 4 is 5.91 Å². The molecular formula is C11H22N2O2. The Morgan fingerprint density at radius 3 is 3.00 bits per heavy atom. The minimum atomic E-state index is -0.299. The Balaban J connectivity index is 2.50. The number of likely N-dealkylation sites (N-methyl/N-ethyl adjacent to an activating group) is 1. The molecule has 1 amide bonds. The maximum atomic E-state index is 12.0. The Kier molecular flexibility index (Phi) is 5.05. The van der Waals surface area contributed by atoms with Crippen LogP contribution >= 0.6 is 0 Å². The highest BCUT2D eigenvalue weighted by atomic mass is 16.5. The van der Waals surface area contributed by atoms with E-state index in [0.717, 1.165) is 25.9 Å². The average Bonchev–Trinajstić information content (AvgIpc) is 2.66. The summed E-state index contributed by atoms with van der Waals surface area (Å²) in [7, 11) is 1.92. The zero-order valence-electron chi connectivity index (χ0n) is 9.95. The van der Waals surface area contributed by atoms with Crippen LogP contribution in [0.1, 0.15) is 26.7 Å². The van der Waals surface area contributed by atoms with Crippen LogP contribution in [0.5, 0.6) is 0 Å². The van der Waals surface area contributed by atoms with Crippen molar-refractivity contribution in [2.24, 2.45) is 0 Å². The van der Waals surface area contributed by atoms with Gasteiger partial charge in [0.2, 0.25) is 0 Å². The fourth-order valence-electron chi connectivity index (χ4n) is 2.13. The normalized spacial score (nSPS) is 23.1. The van der Waals surface area contributed by atoms with Crippen molar-refractivity contribution < 1.29 is 9.53 Å². The quantitative estimate of drug-likeness (QED) is 0.729. The van der Waals surface area contributed by atoms with E-state index in [0.29, 0.717) is 12.6 Å². The first-order valence-electron chi connectivity index (χ1n) is 5.77. The largest absolute Gasteiger partial charge is 0.369 e. The Labute approximate surface area is 92.0 Å². The molecule has 1 heterocycles. The van der Waals surface area contributed by atoms with Gasteiger partial charge >= 0.3 is 0 Å². The fraction of sp³-hybridized carbons (Fsp3) is 0.909. The van der Waals surface area contributed by atoms with Gasteiger partial charge in [-0.3, -0.25) is 4.79 Å². The maximum Gasteiger partial charge on any atom is 0.251 e. The van der Waals surface area contributed by atoms with Crippen molar-refractivity contribution in [1.82, 2.24) is 10.2 Å². The Hall–Kier alpha value is -0.610. The topological polar surface area (TPSA) is 41.6 Å². The molecule has 4 nitrogen and oxygen atoms in total. The molecule has 0 aliphatic carbocycles. The lowest BCUT2D eigenvalue weighted by Gasteiger charge is -2.27. The minimum absolute atomic E-state index is 0.134. The highest BCUT2D eigenvalue weighted by Crippen LogP contribution is 2.18. The number of nitrogens with one attached hydrogen (secondary N) is 1. The van der Waals surface area contributed by atoms with E-state index >= 15 is 0 Å². The molecule has 1 rings (SSSR count). The van der Waals surface area contributed by atoms with Gasteiger partial charge in [-0.05, 0) is 33.7 Å². The van der Waals surface area contributed by atoms with E-state index in [2.05, 4.69) is 5.32 Å². The van der Waals surface area contributed by atoms with E-state index in [1.54, 1.807) is 0 Å². The number of amides is 1. The lowest BCUT2D eigenvalue weighted by atomic mass is 10.2. The van der Waals surface area contributed by atoms with Crippen LogP contribution in [-0.2, 0) is 9.53 Å². The molecule has 88 valence electrons. The van der Waals surface area contributed by atoms with Crippen molar-refractivity contribution in [2.45, 2.75) is 38.8 Å². The van der Waals surface area contributed by atoms with Gasteiger partial charge in [0.05, 0.1) is 0 Å². The summed E-state index contributed by atoms with van der Waals surface area (Å²) in [6, 6.07) is 0.352. The second-order valence-electron chi connectivity index (χ2n) is 3.98. The molecule has 0 bridgehead atoms. The predicted octanol–water partition coefficient (Wildman–Crippen LogP) is 0.622. The number of carbonyl (C=O) groups excluding carboxylic acids is 1. The van der Waals surface area contributed by atoms with Crippen LogP contribution in [0.4, 0.5) is 0 Å². The number of nitrogens with zero attached hydrogens (tertiary/aromatic N) is 1. The molecule has 0 spiro atoms. The third-order valence-corrected chi connectivity index (χ3v) is 2.86. The first kappa shape index (κ1) is 12.5. The van der Waals surface area contributed by atoms with E-state index in [4.69, 9.17) is 4.74 Å². The summed E-state index contributed by atoms with van der Waals surface area (Å²) in [5.74, 6) is 0.134. The van der Waals surface area contributed by atoms with E-state index in [9.17, 15) is 4.79 Å². The monoisotopic (exact) mass is 214 g/mol. The summed E-state index contributed by atoms with van der Waals surface area (Å²) in [6.07, 6.45) is 1.91. The predicted molar refractivity (Wildman–Crippen MR) is 59.7 cm³/mol. The SMILES string of the molecule is CCOC(C)C(=O)N1CCCC1CNC. The van der Waals surface area contributed by atoms with Gasteiger partial charge in [0.25, 0.3) is 5.91 Å². The second-order valence-corrected chi connectivity index (χ2v) is 3.98. The number of carbonyl (C=O) groups is 1. The van der Waals surface area contributed by atoms with Gasteiger partial charge in [-0.15, -0.1) is 0 Å². The molecule has 0 aromatic rings. The molecule has 1 saturated heterocycles. The summed E-state index contributed by atoms with van der Waals surface area (Å²) in [6.45, 7) is 6.10. The summed E-state index contributed by atoms with van der Waals surface area (Å²) >= 11 is 0. The Morgan fingerprint density at radius 2 is 2.40 bits per heavy atom. The fourth-order valence-corrected chi connectivity index (χ4v) is 2.13. The first-order chi connectivity index (χ1) is 7.20. The van der Waals surface area contributed by atoms with Crippen molar-refractivity contribution in [2.75, 3.05) is 26.7 Å². The zero-order valence-corrected chi connectivity index (χ0v) is 9.95. The van der Waals surface area contributed by atoms with Gasteiger partial charge in [-0.25, -0.2) is 0 Å². The maximum absolute atomic E-state index is 12.0. The average molecular weight is 214 g/mol. The molecule has 0 radical (unpaired) electrons. The van der Waals surface area contributed by atoms with Gasteiger partial charge in [0, 0.05) is 25.7 Å². The third-order valence-electron chi connectivity index (χ3n) is 2.86. The van der Waals surface area contributed by atoms with Gasteiger partial charge < -0.3 is 15.0 Å². The van der Waals surface area contributed by atoms with E-state index in [1.807, 2.05) is 25.8 Å². The summed E-state index contributed by atoms with van der Waals surface area (Å²) in [5, 5.41) is 3.13. The molecule has 0 aromatic heterocycles. The summed E-state index contributed by atoms with van der Waals surface area (Å²) in [4.78, 5) is 13.9. The lowest BCUT2D eigenvalue weighted by Crippen LogP contribution is -2.45. The smallest absolute Gasteiger partial charge is 0.251 e. The van der Waals surface area contributed by atoms with Crippen LogP contribution in [-0.4, -0.2) is 49.7 Å². The minimum Gasteiger partial charge on any atom is -0.369 e. The van der Waals surface area contributed by atoms with Crippen molar-refractivity contribution in [1.29, 1.82) is 0 Å². The molecule has 15 heavy (non-hydrogen) atoms. The molecule has 1 aliphatic rings. The molecule has 0 aromatic carbocycles. The molecule has 1 aliphatic heterocycles. The van der Waals surface area contributed by atoms with Crippen LogP contribution in [0, 0.1) is 0 Å². The Bertz CT molecular complexity index is 209. The number of likely N-dealkylation sites (tertiary alicyclic amines) is 1. The van der Waals surface area contributed by atoms with E-state index in [1.165, 1.54) is 0 Å². The number of rotatable bonds is 5. The van der Waals surface area contributed by atoms with Crippen LogP contribution in [0.3, 0.4) is 0 Å². The molecule has 1 fully saturated rings. The number of ether oxygens (including phenoxy) is 1. The van der Waals surface area contributed by atoms with Gasteiger partial charge in [-0.2, -0.15) is 0 Å². The van der Waals surface area contributed by atoms with Crippen LogP contribution in [0.2, 0.25) is 0 Å². The summed E-state index contributed by atoms with van der Waals surface area (Å²) in [5.41, 5.74) is 0. The zero-order chi connectivity index (χ0) is 11.3. The van der Waals surface area contributed by atoms with Crippen molar-refractivity contribution in [3.05, 3.63) is 0 Å². The number of hydrogen-bond acceptors (Lipinski definition) is 3. The van der Waals surface area contributed by atoms with E-state index in [-0.39, 0.29) is 12.0 Å². The lowest BCUT2D eigenvalue weighted by molar-refractivity contribution is -0.143.